The summed E-state index contributed by atoms with van der Waals surface area (Å²) < 4.78 is 27.7. The molecule has 1 aromatic heterocycles. The molecule has 0 radical (unpaired) electrons. The van der Waals surface area contributed by atoms with Crippen molar-refractivity contribution in [3.8, 4) is 0 Å². The molecule has 1 amide bonds. The minimum absolute atomic E-state index is 0.179. The Bertz CT molecular complexity index is 1130. The van der Waals surface area contributed by atoms with E-state index in [1.807, 2.05) is 18.2 Å². The quantitative estimate of drug-likeness (QED) is 0.544. The molecule has 0 bridgehead atoms. The summed E-state index contributed by atoms with van der Waals surface area (Å²) >= 11 is 0. The number of hydrogen-bond acceptors (Lipinski definition) is 3. The molecule has 1 saturated heterocycles. The van der Waals surface area contributed by atoms with Crippen LogP contribution in [-0.2, 0) is 16.4 Å². The number of carbonyl (C=O) groups is 1. The van der Waals surface area contributed by atoms with Crippen molar-refractivity contribution in [1.82, 2.24) is 14.6 Å². The molecule has 164 valence electrons. The summed E-state index contributed by atoms with van der Waals surface area (Å²) in [5.41, 5.74) is 2.45. The molecule has 7 heteroatoms. The molecular weight excluding hydrogens is 410 g/mol. The van der Waals surface area contributed by atoms with Gasteiger partial charge in [-0.25, -0.2) is 8.42 Å². The van der Waals surface area contributed by atoms with E-state index in [2.05, 4.69) is 22.4 Å². The fraction of sp³-hybridized carbons (Fsp3) is 0.375. The number of fused-ring (bicyclic) bond motifs is 1. The van der Waals surface area contributed by atoms with Crippen LogP contribution in [0, 0.1) is 0 Å². The van der Waals surface area contributed by atoms with Crippen LogP contribution in [0.2, 0.25) is 0 Å². The molecule has 2 heterocycles. The van der Waals surface area contributed by atoms with Gasteiger partial charge in [0.05, 0.1) is 4.90 Å². The third-order valence-electron chi connectivity index (χ3n) is 5.81. The van der Waals surface area contributed by atoms with Gasteiger partial charge in [-0.3, -0.25) is 4.79 Å². The van der Waals surface area contributed by atoms with Crippen LogP contribution in [0.25, 0.3) is 10.9 Å². The van der Waals surface area contributed by atoms with Crippen molar-refractivity contribution in [3.63, 3.8) is 0 Å². The first-order chi connectivity index (χ1) is 15.0. The molecule has 1 aliphatic rings. The Morgan fingerprint density at radius 2 is 1.71 bits per heavy atom. The van der Waals surface area contributed by atoms with Crippen LogP contribution in [-0.4, -0.2) is 43.2 Å². The van der Waals surface area contributed by atoms with E-state index in [1.54, 1.807) is 28.6 Å². The van der Waals surface area contributed by atoms with Crippen LogP contribution in [0.1, 0.15) is 48.2 Å². The first-order valence-electron chi connectivity index (χ1n) is 11.0. The molecule has 2 aromatic carbocycles. The highest BCUT2D eigenvalue weighted by Gasteiger charge is 2.25. The van der Waals surface area contributed by atoms with Crippen molar-refractivity contribution in [3.05, 3.63) is 65.9 Å². The summed E-state index contributed by atoms with van der Waals surface area (Å²) in [5, 5.41) is 3.66. The zero-order valence-electron chi connectivity index (χ0n) is 17.6. The molecule has 0 spiro atoms. The van der Waals surface area contributed by atoms with Gasteiger partial charge in [0.25, 0.3) is 5.91 Å². The molecule has 31 heavy (non-hydrogen) atoms. The average molecular weight is 440 g/mol. The van der Waals surface area contributed by atoms with Gasteiger partial charge in [-0.2, -0.15) is 4.31 Å². The third kappa shape index (κ3) is 5.17. The van der Waals surface area contributed by atoms with Crippen molar-refractivity contribution >= 4 is 26.8 Å². The molecule has 3 aromatic rings. The number of nitrogens with one attached hydrogen (secondary N) is 2. The summed E-state index contributed by atoms with van der Waals surface area (Å²) in [6, 6.07) is 16.9. The largest absolute Gasteiger partial charge is 0.351 e. The number of rotatable bonds is 7. The SMILES string of the molecule is O=C(NCCCc1ccccc1)c1cc2cc(S(=O)(=O)N3CCCCCC3)ccc2[nH]1. The number of H-pyrrole nitrogens is 1. The molecule has 1 fully saturated rings. The summed E-state index contributed by atoms with van der Waals surface area (Å²) in [6.45, 7) is 1.73. The Morgan fingerprint density at radius 1 is 0.968 bits per heavy atom. The predicted octanol–water partition coefficient (Wildman–Crippen LogP) is 4.10. The highest BCUT2D eigenvalue weighted by Crippen LogP contribution is 2.24. The van der Waals surface area contributed by atoms with Gasteiger partial charge in [-0.15, -0.1) is 0 Å². The number of carbonyl (C=O) groups excluding carboxylic acids is 1. The number of benzene rings is 2. The maximum Gasteiger partial charge on any atom is 0.267 e. The Hall–Kier alpha value is -2.64. The number of aryl methyl sites for hydroxylation is 1. The van der Waals surface area contributed by atoms with E-state index in [1.165, 1.54) is 5.56 Å². The van der Waals surface area contributed by atoms with Crippen molar-refractivity contribution < 1.29 is 13.2 Å². The van der Waals surface area contributed by atoms with Crippen LogP contribution in [0.15, 0.2) is 59.5 Å². The summed E-state index contributed by atoms with van der Waals surface area (Å²) in [4.78, 5) is 15.9. The number of nitrogens with zero attached hydrogens (tertiary/aromatic N) is 1. The smallest absolute Gasteiger partial charge is 0.267 e. The molecule has 1 aliphatic heterocycles. The molecule has 0 unspecified atom stereocenters. The maximum absolute atomic E-state index is 13.1. The van der Waals surface area contributed by atoms with Crippen molar-refractivity contribution in [2.75, 3.05) is 19.6 Å². The Kier molecular flexibility index (Phi) is 6.73. The summed E-state index contributed by atoms with van der Waals surface area (Å²) in [7, 11) is -3.51. The van der Waals surface area contributed by atoms with Gasteiger partial charge in [0.1, 0.15) is 5.69 Å². The summed E-state index contributed by atoms with van der Waals surface area (Å²) in [6.07, 6.45) is 5.72. The van der Waals surface area contributed by atoms with E-state index in [0.29, 0.717) is 25.3 Å². The second-order valence-corrected chi connectivity index (χ2v) is 10.0. The van der Waals surface area contributed by atoms with Gasteiger partial charge in [0.2, 0.25) is 10.0 Å². The second kappa shape index (κ2) is 9.66. The Morgan fingerprint density at radius 3 is 2.45 bits per heavy atom. The number of hydrogen-bond donors (Lipinski definition) is 2. The fourth-order valence-electron chi connectivity index (χ4n) is 4.06. The maximum atomic E-state index is 13.1. The van der Waals surface area contributed by atoms with E-state index in [9.17, 15) is 13.2 Å². The Labute approximate surface area is 183 Å². The number of aromatic nitrogens is 1. The molecular formula is C24H29N3O3S. The van der Waals surface area contributed by atoms with Gasteiger partial charge < -0.3 is 10.3 Å². The van der Waals surface area contributed by atoms with E-state index in [-0.39, 0.29) is 10.8 Å². The molecule has 2 N–H and O–H groups in total. The minimum atomic E-state index is -3.51. The standard InChI is InChI=1S/C24H29N3O3S/c28-24(25-14-8-11-19-9-4-3-5-10-19)23-18-20-17-21(12-13-22(20)26-23)31(29,30)27-15-6-1-2-7-16-27/h3-5,9-10,12-13,17-18,26H,1-2,6-8,11,14-16H2,(H,25,28). The zero-order valence-corrected chi connectivity index (χ0v) is 18.5. The number of aromatic amines is 1. The normalized spacial score (nSPS) is 15.6. The molecule has 6 nitrogen and oxygen atoms in total. The highest BCUT2D eigenvalue weighted by atomic mass is 32.2. The zero-order chi connectivity index (χ0) is 21.7. The van der Waals surface area contributed by atoms with Crippen molar-refractivity contribution in [2.45, 2.75) is 43.4 Å². The van der Waals surface area contributed by atoms with Crippen molar-refractivity contribution in [1.29, 1.82) is 0 Å². The van der Waals surface area contributed by atoms with Gasteiger partial charge in [-0.1, -0.05) is 43.2 Å². The van der Waals surface area contributed by atoms with E-state index in [0.717, 1.165) is 49.4 Å². The van der Waals surface area contributed by atoms with Gasteiger partial charge in [-0.05, 0) is 55.5 Å². The molecule has 0 aliphatic carbocycles. The lowest BCUT2D eigenvalue weighted by atomic mass is 10.1. The van der Waals surface area contributed by atoms with Crippen LogP contribution in [0.5, 0.6) is 0 Å². The van der Waals surface area contributed by atoms with Crippen LogP contribution in [0.4, 0.5) is 0 Å². The fourth-order valence-corrected chi connectivity index (χ4v) is 5.61. The Balaban J connectivity index is 1.41. The van der Waals surface area contributed by atoms with Crippen LogP contribution >= 0.6 is 0 Å². The van der Waals surface area contributed by atoms with Gasteiger partial charge in [0, 0.05) is 30.5 Å². The lowest BCUT2D eigenvalue weighted by Crippen LogP contribution is -2.31. The lowest BCUT2D eigenvalue weighted by Gasteiger charge is -2.19. The molecule has 4 rings (SSSR count). The van der Waals surface area contributed by atoms with E-state index < -0.39 is 10.0 Å². The van der Waals surface area contributed by atoms with Gasteiger partial charge in [0.15, 0.2) is 0 Å². The monoisotopic (exact) mass is 439 g/mol. The van der Waals surface area contributed by atoms with Gasteiger partial charge >= 0.3 is 0 Å². The third-order valence-corrected chi connectivity index (χ3v) is 7.70. The average Bonchev–Trinajstić information content (AvgIpc) is 3.01. The first kappa shape index (κ1) is 21.6. The summed E-state index contributed by atoms with van der Waals surface area (Å²) in [5.74, 6) is -0.179. The highest BCUT2D eigenvalue weighted by molar-refractivity contribution is 7.89. The minimum Gasteiger partial charge on any atom is -0.351 e. The van der Waals surface area contributed by atoms with Crippen molar-refractivity contribution in [2.24, 2.45) is 0 Å². The number of sulfonamides is 1. The topological polar surface area (TPSA) is 82.3 Å². The molecule has 0 saturated carbocycles. The predicted molar refractivity (Wildman–Crippen MR) is 123 cm³/mol. The van der Waals surface area contributed by atoms with E-state index in [4.69, 9.17) is 0 Å². The second-order valence-electron chi connectivity index (χ2n) is 8.10. The first-order valence-corrected chi connectivity index (χ1v) is 12.4. The van der Waals surface area contributed by atoms with E-state index >= 15 is 0 Å². The molecule has 0 atom stereocenters. The number of amides is 1. The van der Waals surface area contributed by atoms with Crippen LogP contribution < -0.4 is 5.32 Å². The lowest BCUT2D eigenvalue weighted by molar-refractivity contribution is 0.0949. The van der Waals surface area contributed by atoms with Crippen LogP contribution in [0.3, 0.4) is 0 Å².